The molecule has 23 heteroatoms. The van der Waals surface area contributed by atoms with E-state index < -0.39 is 48.3 Å². The minimum atomic E-state index is -0.693. The third-order valence-corrected chi connectivity index (χ3v) is 15.8. The first-order valence-corrected chi connectivity index (χ1v) is 28.3. The number of nitrogens with zero attached hydrogens (tertiary/aromatic N) is 8. The van der Waals surface area contributed by atoms with Crippen LogP contribution in [0.2, 0.25) is 0 Å². The molecule has 2 aromatic carbocycles. The van der Waals surface area contributed by atoms with Gasteiger partial charge in [-0.2, -0.15) is 0 Å². The van der Waals surface area contributed by atoms with Crippen molar-refractivity contribution in [1.82, 2.24) is 71.7 Å². The van der Waals surface area contributed by atoms with Gasteiger partial charge in [0.05, 0.1) is 89.3 Å². The van der Waals surface area contributed by atoms with Crippen LogP contribution >= 0.6 is 0 Å². The summed E-state index contributed by atoms with van der Waals surface area (Å²) in [5.74, 6) is -1.46. The van der Waals surface area contributed by atoms with Crippen molar-refractivity contribution in [2.45, 2.75) is 164 Å². The van der Waals surface area contributed by atoms with Crippen molar-refractivity contribution in [3.63, 3.8) is 0 Å². The zero-order valence-corrected chi connectivity index (χ0v) is 46.1. The Bertz CT molecular complexity index is 2450. The molecule has 0 aliphatic carbocycles. The highest BCUT2D eigenvalue weighted by Gasteiger charge is 2.46. The van der Waals surface area contributed by atoms with Crippen molar-refractivity contribution >= 4 is 35.4 Å². The summed E-state index contributed by atoms with van der Waals surface area (Å²) in [5, 5.41) is 35.7. The minimum Gasteiger partial charge on any atom is -0.377 e. The molecule has 4 saturated heterocycles. The van der Waals surface area contributed by atoms with Crippen molar-refractivity contribution in [3.8, 4) is 0 Å². The lowest BCUT2D eigenvalue weighted by Crippen LogP contribution is -2.58. The van der Waals surface area contributed by atoms with Crippen molar-refractivity contribution in [2.24, 2.45) is 0 Å². The molecule has 4 aromatic rings. The van der Waals surface area contributed by atoms with Gasteiger partial charge in [0.1, 0.15) is 35.6 Å². The number of benzene rings is 2. The zero-order valence-electron chi connectivity index (χ0n) is 46.1. The van der Waals surface area contributed by atoms with Crippen LogP contribution in [0.25, 0.3) is 0 Å². The maximum Gasteiger partial charge on any atom is 0.246 e. The normalized spacial score (nSPS) is 23.0. The lowest BCUT2D eigenvalue weighted by Gasteiger charge is -2.36. The van der Waals surface area contributed by atoms with Gasteiger partial charge in [-0.1, -0.05) is 96.8 Å². The molecule has 428 valence electrons. The molecule has 0 spiro atoms. The van der Waals surface area contributed by atoms with Crippen molar-refractivity contribution in [2.75, 3.05) is 53.7 Å². The van der Waals surface area contributed by atoms with Crippen LogP contribution in [0.15, 0.2) is 73.1 Å². The fourth-order valence-electron chi connectivity index (χ4n) is 11.1. The van der Waals surface area contributed by atoms with E-state index in [0.717, 1.165) is 49.7 Å². The molecule has 0 saturated carbocycles. The van der Waals surface area contributed by atoms with E-state index >= 15 is 0 Å². The molecular formula is C56H80N14O9. The van der Waals surface area contributed by atoms with Gasteiger partial charge < -0.3 is 55.9 Å². The number of carbonyl (C=O) groups is 6. The second-order valence-corrected chi connectivity index (χ2v) is 21.1. The lowest BCUT2D eigenvalue weighted by molar-refractivity contribution is -0.144. The summed E-state index contributed by atoms with van der Waals surface area (Å²) in [6, 6.07) is 14.1. The van der Waals surface area contributed by atoms with E-state index in [0.29, 0.717) is 103 Å². The highest BCUT2D eigenvalue weighted by molar-refractivity contribution is 5.95. The lowest BCUT2D eigenvalue weighted by atomic mass is 9.98. The van der Waals surface area contributed by atoms with Gasteiger partial charge in [-0.05, 0) is 90.4 Å². The molecule has 0 radical (unpaired) electrons. The van der Waals surface area contributed by atoms with Gasteiger partial charge in [0.25, 0.3) is 0 Å². The van der Waals surface area contributed by atoms with Crippen LogP contribution in [0.5, 0.6) is 0 Å². The quantitative estimate of drug-likeness (QED) is 0.0492. The van der Waals surface area contributed by atoms with Crippen molar-refractivity contribution in [1.29, 1.82) is 0 Å². The summed E-state index contributed by atoms with van der Waals surface area (Å²) >= 11 is 0. The maximum absolute atomic E-state index is 14.2. The number of likely N-dealkylation sites (N-methyl/N-ethyl adjacent to an activating group) is 2. The second-order valence-electron chi connectivity index (χ2n) is 21.1. The molecule has 0 bridgehead atoms. The summed E-state index contributed by atoms with van der Waals surface area (Å²) in [6.45, 7) is 6.45. The number of hydrogen-bond acceptors (Lipinski definition) is 15. The molecule has 0 unspecified atom stereocenters. The molecule has 8 rings (SSSR count). The molecule has 6 N–H and O–H groups in total. The third-order valence-electron chi connectivity index (χ3n) is 15.8. The minimum absolute atomic E-state index is 0.0687. The molecule has 6 heterocycles. The topological polar surface area (TPSA) is 270 Å². The molecule has 4 aliphatic rings. The molecule has 4 fully saturated rings. The predicted molar refractivity (Wildman–Crippen MR) is 291 cm³/mol. The number of rotatable bonds is 26. The first-order chi connectivity index (χ1) is 38.4. The molecule has 79 heavy (non-hydrogen) atoms. The van der Waals surface area contributed by atoms with Crippen molar-refractivity contribution < 1.29 is 43.0 Å². The predicted octanol–water partition coefficient (Wildman–Crippen LogP) is 2.08. The Morgan fingerprint density at radius 2 is 0.911 bits per heavy atom. The van der Waals surface area contributed by atoms with E-state index in [2.05, 4.69) is 52.5 Å². The van der Waals surface area contributed by atoms with Gasteiger partial charge in [-0.15, -0.1) is 10.2 Å². The monoisotopic (exact) mass is 1090 g/mol. The van der Waals surface area contributed by atoms with Gasteiger partial charge in [-0.25, -0.2) is 9.36 Å². The number of nitrogens with one attached hydrogen (secondary N) is 6. The highest BCUT2D eigenvalue weighted by atomic mass is 16.5. The second kappa shape index (κ2) is 29.0. The number of ether oxygens (including phenoxy) is 3. The summed E-state index contributed by atoms with van der Waals surface area (Å²) < 4.78 is 20.8. The van der Waals surface area contributed by atoms with Crippen LogP contribution in [0.4, 0.5) is 0 Å². The largest absolute Gasteiger partial charge is 0.377 e. The smallest absolute Gasteiger partial charge is 0.246 e. The summed E-state index contributed by atoms with van der Waals surface area (Å²) in [6.07, 6.45) is 12.2. The standard InChI is InChI=1S/C56H80N14O9/c1-37(57-3)51(71)59-43-21-13-11-19-41-23-25-47(69(41)55(43)75)53(73)61-49(39-15-7-5-8-16-39)45-35-67(65-63-45)27-29-77-31-33-79-34-32-78-30-28-68-36-46(64-66-68)50(40-17-9-6-10-18-40)62-54(74)48-26-24-42-20-12-14-22-44(56(76)70(42)48)60-52(72)38(2)58-4/h5-10,15-18,35-38,41-44,47-50,57-58H,11-14,19-34H2,1-4H3,(H,59,71)(H,60,72)(H,61,73)(H,62,74)/t37-,38-,41-,42-,43-,44-,47-,48-,49-,50+/m0/s1. The van der Waals surface area contributed by atoms with E-state index in [-0.39, 0.29) is 47.5 Å². The molecule has 4 aliphatic heterocycles. The van der Waals surface area contributed by atoms with Crippen LogP contribution in [-0.2, 0) is 56.1 Å². The van der Waals surface area contributed by atoms with Gasteiger partial charge in [0, 0.05) is 12.1 Å². The maximum atomic E-state index is 14.2. The summed E-state index contributed by atoms with van der Waals surface area (Å²) in [5.41, 5.74) is 2.74. The Morgan fingerprint density at radius 3 is 1.30 bits per heavy atom. The van der Waals surface area contributed by atoms with Gasteiger partial charge in [0.15, 0.2) is 0 Å². The van der Waals surface area contributed by atoms with Gasteiger partial charge in [-0.3, -0.25) is 28.8 Å². The van der Waals surface area contributed by atoms with E-state index in [1.165, 1.54) is 0 Å². The molecule has 10 atom stereocenters. The Balaban J connectivity index is 0.756. The van der Waals surface area contributed by atoms with Crippen LogP contribution in [-0.4, -0.2) is 177 Å². The van der Waals surface area contributed by atoms with E-state index in [4.69, 9.17) is 14.2 Å². The van der Waals surface area contributed by atoms with Gasteiger partial charge in [0.2, 0.25) is 35.4 Å². The number of amides is 6. The average Bonchev–Trinajstić information content (AvgIpc) is 4.43. The van der Waals surface area contributed by atoms with Crippen LogP contribution < -0.4 is 31.9 Å². The fraction of sp³-hybridized carbons (Fsp3) is 0.607. The van der Waals surface area contributed by atoms with Gasteiger partial charge >= 0.3 is 0 Å². The highest BCUT2D eigenvalue weighted by Crippen LogP contribution is 2.34. The first kappa shape index (κ1) is 58.5. The van der Waals surface area contributed by atoms with E-state index in [9.17, 15) is 28.8 Å². The Morgan fingerprint density at radius 1 is 0.532 bits per heavy atom. The Labute approximate surface area is 462 Å². The van der Waals surface area contributed by atoms with Crippen LogP contribution in [0, 0.1) is 0 Å². The van der Waals surface area contributed by atoms with Crippen molar-refractivity contribution in [3.05, 3.63) is 95.6 Å². The molecule has 2 aromatic heterocycles. The van der Waals surface area contributed by atoms with E-state index in [1.807, 2.05) is 60.7 Å². The number of fused-ring (bicyclic) bond motifs is 2. The Hall–Kier alpha value is -6.66. The molecular weight excluding hydrogens is 1010 g/mol. The number of carbonyl (C=O) groups excluding carboxylic acids is 6. The average molecular weight is 1090 g/mol. The first-order valence-electron chi connectivity index (χ1n) is 28.3. The summed E-state index contributed by atoms with van der Waals surface area (Å²) in [4.78, 5) is 85.6. The number of hydrogen-bond donors (Lipinski definition) is 6. The fourth-order valence-corrected chi connectivity index (χ4v) is 11.1. The zero-order chi connectivity index (χ0) is 55.7. The van der Waals surface area contributed by atoms with E-state index in [1.54, 1.807) is 59.5 Å². The third kappa shape index (κ3) is 15.4. The molecule has 23 nitrogen and oxygen atoms in total. The Kier molecular flexibility index (Phi) is 21.5. The van der Waals surface area contributed by atoms with Crippen LogP contribution in [0.3, 0.4) is 0 Å². The molecule has 6 amide bonds. The number of aromatic nitrogens is 6. The SMILES string of the molecule is CN[C@@H](C)C(=O)N[C@H]1CCCC[C@H]2CC[C@@H](C(=O)N[C@H](c3ccccc3)c3cn(CCOCCOCCOCCn4cc([C@@H](NC(=O)[C@@H]5CC[C@@H]6CCCC[C@H](NC(=O)[C@H](C)NC)C(=O)N65)c5ccccc5)nn4)nn3)N2C1=O. The summed E-state index contributed by atoms with van der Waals surface area (Å²) in [7, 11) is 3.40. The van der Waals surface area contributed by atoms with Crippen LogP contribution in [0.1, 0.15) is 125 Å².